The summed E-state index contributed by atoms with van der Waals surface area (Å²) in [6, 6.07) is 5.23. The highest BCUT2D eigenvalue weighted by molar-refractivity contribution is 5.75. The zero-order chi connectivity index (χ0) is 11.1. The molecule has 2 nitrogen and oxygen atoms in total. The lowest BCUT2D eigenvalue weighted by Crippen LogP contribution is -1.98. The highest BCUT2D eigenvalue weighted by Gasteiger charge is 2.03. The molecule has 0 unspecified atom stereocenters. The van der Waals surface area contributed by atoms with Crippen molar-refractivity contribution in [2.24, 2.45) is 0 Å². The predicted octanol–water partition coefficient (Wildman–Crippen LogP) is 2.24. The number of terminal acetylenes is 1. The molecule has 1 aromatic carbocycles. The number of hydrogen-bond donors (Lipinski definition) is 0. The zero-order valence-corrected chi connectivity index (χ0v) is 8.40. The van der Waals surface area contributed by atoms with Crippen LogP contribution < -0.4 is 4.74 Å². The fourth-order valence-electron chi connectivity index (χ4n) is 1.25. The molecule has 0 N–H and O–H groups in total. The van der Waals surface area contributed by atoms with Crippen LogP contribution in [0.25, 0.3) is 0 Å². The summed E-state index contributed by atoms with van der Waals surface area (Å²) in [5.74, 6) is 3.10. The lowest BCUT2D eigenvalue weighted by atomic mass is 10.1. The van der Waals surface area contributed by atoms with Crippen molar-refractivity contribution in [3.05, 3.63) is 42.0 Å². The molecular weight excluding hydrogens is 188 g/mol. The van der Waals surface area contributed by atoms with Crippen LogP contribution in [0.5, 0.6) is 5.75 Å². The summed E-state index contributed by atoms with van der Waals surface area (Å²) in [4.78, 5) is 10.6. The van der Waals surface area contributed by atoms with E-state index in [1.54, 1.807) is 24.3 Å². The maximum atomic E-state index is 10.6. The topological polar surface area (TPSA) is 26.3 Å². The number of ether oxygens (including phenoxy) is 1. The van der Waals surface area contributed by atoms with Crippen LogP contribution in [0.15, 0.2) is 30.9 Å². The van der Waals surface area contributed by atoms with Crippen LogP contribution >= 0.6 is 0 Å². The number of carbonyl (C=O) groups excluding carboxylic acids is 1. The summed E-state index contributed by atoms with van der Waals surface area (Å²) < 4.78 is 5.34. The second-order valence-corrected chi connectivity index (χ2v) is 2.97. The fourth-order valence-corrected chi connectivity index (χ4v) is 1.25. The Morgan fingerprint density at radius 3 is 2.93 bits per heavy atom. The van der Waals surface area contributed by atoms with Gasteiger partial charge in [-0.3, -0.25) is 4.79 Å². The third-order valence-electron chi connectivity index (χ3n) is 1.90. The van der Waals surface area contributed by atoms with Crippen molar-refractivity contribution in [3.63, 3.8) is 0 Å². The highest BCUT2D eigenvalue weighted by atomic mass is 16.5. The third kappa shape index (κ3) is 2.99. The summed E-state index contributed by atoms with van der Waals surface area (Å²) in [7, 11) is 0. The van der Waals surface area contributed by atoms with Crippen molar-refractivity contribution in [1.29, 1.82) is 0 Å². The molecule has 0 saturated heterocycles. The van der Waals surface area contributed by atoms with Crippen molar-refractivity contribution >= 4 is 6.29 Å². The summed E-state index contributed by atoms with van der Waals surface area (Å²) in [6.07, 6.45) is 8.32. The molecule has 15 heavy (non-hydrogen) atoms. The first-order chi connectivity index (χ1) is 7.31. The van der Waals surface area contributed by atoms with E-state index in [4.69, 9.17) is 11.2 Å². The molecular formula is C13H12O2. The molecule has 1 rings (SSSR count). The Hall–Kier alpha value is -2.01. The van der Waals surface area contributed by atoms with Gasteiger partial charge in [-0.1, -0.05) is 12.0 Å². The van der Waals surface area contributed by atoms with E-state index in [1.165, 1.54) is 0 Å². The molecule has 76 valence electrons. The summed E-state index contributed by atoms with van der Waals surface area (Å²) in [6.45, 7) is 3.88. The Labute approximate surface area is 89.6 Å². The van der Waals surface area contributed by atoms with Crippen LogP contribution in [0, 0.1) is 12.3 Å². The number of carbonyl (C=O) groups is 1. The Bertz CT molecular complexity index is 399. The van der Waals surface area contributed by atoms with E-state index in [0.29, 0.717) is 17.7 Å². The van der Waals surface area contributed by atoms with Gasteiger partial charge in [0.2, 0.25) is 0 Å². The van der Waals surface area contributed by atoms with Gasteiger partial charge in [0.1, 0.15) is 18.6 Å². The van der Waals surface area contributed by atoms with Crippen LogP contribution in [-0.4, -0.2) is 12.9 Å². The highest BCUT2D eigenvalue weighted by Crippen LogP contribution is 2.20. The Morgan fingerprint density at radius 2 is 2.33 bits per heavy atom. The number of aldehydes is 1. The second-order valence-electron chi connectivity index (χ2n) is 2.97. The number of benzene rings is 1. The van der Waals surface area contributed by atoms with E-state index in [2.05, 4.69) is 12.5 Å². The van der Waals surface area contributed by atoms with Gasteiger partial charge in [0.05, 0.1) is 0 Å². The Balaban J connectivity index is 2.98. The second kappa shape index (κ2) is 5.66. The maximum absolute atomic E-state index is 10.6. The predicted molar refractivity (Wildman–Crippen MR) is 60.1 cm³/mol. The molecule has 0 heterocycles. The molecule has 2 heteroatoms. The molecule has 0 aliphatic heterocycles. The van der Waals surface area contributed by atoms with Gasteiger partial charge >= 0.3 is 0 Å². The average molecular weight is 200 g/mol. The standard InChI is InChI=1S/C13H12O2/c1-3-5-12-9-11(10-14)6-7-13(12)15-8-4-2/h2-3,6-7,9-10H,1,5,8H2. The zero-order valence-electron chi connectivity index (χ0n) is 8.40. The first-order valence-electron chi connectivity index (χ1n) is 4.57. The first-order valence-corrected chi connectivity index (χ1v) is 4.57. The monoisotopic (exact) mass is 200 g/mol. The largest absolute Gasteiger partial charge is 0.481 e. The van der Waals surface area contributed by atoms with Crippen molar-refractivity contribution in [2.75, 3.05) is 6.61 Å². The van der Waals surface area contributed by atoms with Gasteiger partial charge < -0.3 is 4.74 Å². The molecule has 0 amide bonds. The van der Waals surface area contributed by atoms with E-state index in [9.17, 15) is 4.79 Å². The van der Waals surface area contributed by atoms with E-state index in [0.717, 1.165) is 11.8 Å². The molecule has 0 aromatic heterocycles. The number of rotatable bonds is 5. The lowest BCUT2D eigenvalue weighted by Gasteiger charge is -2.08. The Kier molecular flexibility index (Phi) is 4.18. The van der Waals surface area contributed by atoms with Crippen molar-refractivity contribution < 1.29 is 9.53 Å². The lowest BCUT2D eigenvalue weighted by molar-refractivity contribution is 0.112. The quantitative estimate of drug-likeness (QED) is 0.414. The average Bonchev–Trinajstić information content (AvgIpc) is 2.27. The Morgan fingerprint density at radius 1 is 1.53 bits per heavy atom. The maximum Gasteiger partial charge on any atom is 0.150 e. The molecule has 1 aromatic rings. The molecule has 0 saturated carbocycles. The van der Waals surface area contributed by atoms with Crippen molar-refractivity contribution in [3.8, 4) is 18.1 Å². The molecule has 0 bridgehead atoms. The first kappa shape index (κ1) is 11.1. The summed E-state index contributed by atoms with van der Waals surface area (Å²) in [5, 5.41) is 0. The summed E-state index contributed by atoms with van der Waals surface area (Å²) >= 11 is 0. The van der Waals surface area contributed by atoms with Crippen LogP contribution in [0.3, 0.4) is 0 Å². The minimum absolute atomic E-state index is 0.227. The van der Waals surface area contributed by atoms with Crippen LogP contribution in [-0.2, 0) is 6.42 Å². The SMILES string of the molecule is C#CCOc1ccc(C=O)cc1CC=C. The van der Waals surface area contributed by atoms with Crippen molar-refractivity contribution in [2.45, 2.75) is 6.42 Å². The smallest absolute Gasteiger partial charge is 0.150 e. The molecule has 0 aliphatic rings. The molecule has 0 spiro atoms. The van der Waals surface area contributed by atoms with E-state index >= 15 is 0 Å². The van der Waals surface area contributed by atoms with Crippen LogP contribution in [0.4, 0.5) is 0 Å². The summed E-state index contributed by atoms with van der Waals surface area (Å²) in [5.41, 5.74) is 1.55. The van der Waals surface area contributed by atoms with Gasteiger partial charge in [0.25, 0.3) is 0 Å². The van der Waals surface area contributed by atoms with E-state index in [1.807, 2.05) is 0 Å². The van der Waals surface area contributed by atoms with Crippen LogP contribution in [0.1, 0.15) is 15.9 Å². The molecule has 0 fully saturated rings. The van der Waals surface area contributed by atoms with Gasteiger partial charge in [-0.15, -0.1) is 13.0 Å². The van der Waals surface area contributed by atoms with Gasteiger partial charge in [0.15, 0.2) is 0 Å². The molecule has 0 atom stereocenters. The number of allylic oxidation sites excluding steroid dienone is 1. The fraction of sp³-hybridized carbons (Fsp3) is 0.154. The molecule has 0 radical (unpaired) electrons. The normalized spacial score (nSPS) is 9.00. The minimum atomic E-state index is 0.227. The molecule has 0 aliphatic carbocycles. The minimum Gasteiger partial charge on any atom is -0.481 e. The van der Waals surface area contributed by atoms with Crippen LogP contribution in [0.2, 0.25) is 0 Å². The van der Waals surface area contributed by atoms with Gasteiger partial charge in [-0.25, -0.2) is 0 Å². The number of hydrogen-bond acceptors (Lipinski definition) is 2. The van der Waals surface area contributed by atoms with Gasteiger partial charge in [0, 0.05) is 5.56 Å². The third-order valence-corrected chi connectivity index (χ3v) is 1.90. The van der Waals surface area contributed by atoms with E-state index in [-0.39, 0.29) is 6.61 Å². The van der Waals surface area contributed by atoms with Crippen molar-refractivity contribution in [1.82, 2.24) is 0 Å². The van der Waals surface area contributed by atoms with Gasteiger partial charge in [-0.05, 0) is 30.2 Å². The van der Waals surface area contributed by atoms with E-state index < -0.39 is 0 Å². The van der Waals surface area contributed by atoms with Gasteiger partial charge in [-0.2, -0.15) is 0 Å².